The van der Waals surface area contributed by atoms with Gasteiger partial charge in [0.2, 0.25) is 0 Å². The van der Waals surface area contributed by atoms with Crippen LogP contribution in [0.3, 0.4) is 0 Å². The standard InChI is InChI=1S/C18H23N3O2/c1-22-15-7-8-16(18(11-15)23-2)17-6-4-10-21(17)13-14(12-20)5-3-9-19/h7-8,11,14,17H,3-6,10,13H2,1-2H3/t14-,17+/m1/s1. The third-order valence-electron chi connectivity index (χ3n) is 4.41. The lowest BCUT2D eigenvalue weighted by atomic mass is 10.0. The minimum atomic E-state index is -0.0977. The van der Waals surface area contributed by atoms with Crippen molar-refractivity contribution in [2.75, 3.05) is 27.3 Å². The van der Waals surface area contributed by atoms with Crippen molar-refractivity contribution in [1.82, 2.24) is 4.90 Å². The zero-order chi connectivity index (χ0) is 16.7. The fraction of sp³-hybridized carbons (Fsp3) is 0.556. The molecular weight excluding hydrogens is 290 g/mol. The topological polar surface area (TPSA) is 69.3 Å². The minimum Gasteiger partial charge on any atom is -0.497 e. The first kappa shape index (κ1) is 17.1. The second kappa shape index (κ2) is 8.41. The number of ether oxygens (including phenoxy) is 2. The number of benzene rings is 1. The van der Waals surface area contributed by atoms with E-state index in [9.17, 15) is 5.26 Å². The molecule has 0 radical (unpaired) electrons. The maximum Gasteiger partial charge on any atom is 0.127 e. The monoisotopic (exact) mass is 313 g/mol. The summed E-state index contributed by atoms with van der Waals surface area (Å²) >= 11 is 0. The van der Waals surface area contributed by atoms with E-state index in [0.29, 0.717) is 19.4 Å². The summed E-state index contributed by atoms with van der Waals surface area (Å²) in [6, 6.07) is 10.6. The van der Waals surface area contributed by atoms with E-state index in [4.69, 9.17) is 14.7 Å². The highest BCUT2D eigenvalue weighted by molar-refractivity contribution is 5.42. The van der Waals surface area contributed by atoms with Crippen LogP contribution in [0.5, 0.6) is 11.5 Å². The van der Waals surface area contributed by atoms with E-state index in [0.717, 1.165) is 36.4 Å². The Balaban J connectivity index is 2.15. The lowest BCUT2D eigenvalue weighted by Crippen LogP contribution is -2.29. The van der Waals surface area contributed by atoms with Gasteiger partial charge in [-0.3, -0.25) is 4.90 Å². The summed E-state index contributed by atoms with van der Waals surface area (Å²) in [6.07, 6.45) is 3.23. The summed E-state index contributed by atoms with van der Waals surface area (Å²) in [6.45, 7) is 1.68. The van der Waals surface area contributed by atoms with Gasteiger partial charge in [-0.1, -0.05) is 6.07 Å². The molecule has 0 unspecified atom stereocenters. The summed E-state index contributed by atoms with van der Waals surface area (Å²) in [7, 11) is 3.31. The Kier molecular flexibility index (Phi) is 6.26. The van der Waals surface area contributed by atoms with Crippen LogP contribution >= 0.6 is 0 Å². The fourth-order valence-corrected chi connectivity index (χ4v) is 3.21. The number of likely N-dealkylation sites (tertiary alicyclic amines) is 1. The molecule has 1 fully saturated rings. The lowest BCUT2D eigenvalue weighted by Gasteiger charge is -2.27. The van der Waals surface area contributed by atoms with Crippen LogP contribution in [0.1, 0.15) is 37.3 Å². The summed E-state index contributed by atoms with van der Waals surface area (Å²) in [4.78, 5) is 2.34. The Hall–Kier alpha value is -2.24. The van der Waals surface area contributed by atoms with Crippen molar-refractivity contribution < 1.29 is 9.47 Å². The molecule has 122 valence electrons. The van der Waals surface area contributed by atoms with Gasteiger partial charge in [-0.15, -0.1) is 0 Å². The summed E-state index contributed by atoms with van der Waals surface area (Å²) in [5.74, 6) is 1.50. The molecule has 2 rings (SSSR count). The molecule has 1 aliphatic rings. The highest BCUT2D eigenvalue weighted by Crippen LogP contribution is 2.39. The fourth-order valence-electron chi connectivity index (χ4n) is 3.21. The number of rotatable bonds is 7. The molecule has 0 spiro atoms. The Morgan fingerprint density at radius 1 is 1.30 bits per heavy atom. The molecule has 1 saturated heterocycles. The Bertz CT molecular complexity index is 603. The molecule has 23 heavy (non-hydrogen) atoms. The molecule has 1 aliphatic heterocycles. The zero-order valence-electron chi connectivity index (χ0n) is 13.8. The van der Waals surface area contributed by atoms with Crippen LogP contribution in [0.2, 0.25) is 0 Å². The highest BCUT2D eigenvalue weighted by atomic mass is 16.5. The van der Waals surface area contributed by atoms with Crippen molar-refractivity contribution in [1.29, 1.82) is 10.5 Å². The number of hydrogen-bond donors (Lipinski definition) is 0. The van der Waals surface area contributed by atoms with Crippen molar-refractivity contribution in [3.05, 3.63) is 23.8 Å². The van der Waals surface area contributed by atoms with E-state index in [1.165, 1.54) is 0 Å². The van der Waals surface area contributed by atoms with Crippen LogP contribution < -0.4 is 9.47 Å². The predicted octanol–water partition coefficient (Wildman–Crippen LogP) is 3.28. The van der Waals surface area contributed by atoms with Crippen LogP contribution in [0.4, 0.5) is 0 Å². The van der Waals surface area contributed by atoms with Gasteiger partial charge >= 0.3 is 0 Å². The van der Waals surface area contributed by atoms with Gasteiger partial charge in [0.1, 0.15) is 11.5 Å². The maximum atomic E-state index is 9.31. The molecular formula is C18H23N3O2. The van der Waals surface area contributed by atoms with Gasteiger partial charge in [-0.2, -0.15) is 10.5 Å². The van der Waals surface area contributed by atoms with Crippen LogP contribution in [-0.2, 0) is 0 Å². The Labute approximate surface area is 138 Å². The normalized spacial score (nSPS) is 18.9. The second-order valence-corrected chi connectivity index (χ2v) is 5.78. The molecule has 0 saturated carbocycles. The molecule has 1 aromatic rings. The molecule has 1 heterocycles. The second-order valence-electron chi connectivity index (χ2n) is 5.78. The van der Waals surface area contributed by atoms with Crippen molar-refractivity contribution in [3.8, 4) is 23.6 Å². The highest BCUT2D eigenvalue weighted by Gasteiger charge is 2.30. The quantitative estimate of drug-likeness (QED) is 0.772. The van der Waals surface area contributed by atoms with Gasteiger partial charge in [0, 0.05) is 30.6 Å². The smallest absolute Gasteiger partial charge is 0.127 e. The van der Waals surface area contributed by atoms with Crippen LogP contribution in [0, 0.1) is 28.6 Å². The average Bonchev–Trinajstić information content (AvgIpc) is 3.05. The molecule has 5 heteroatoms. The Morgan fingerprint density at radius 3 is 2.78 bits per heavy atom. The van der Waals surface area contributed by atoms with Crippen molar-refractivity contribution in [2.24, 2.45) is 5.92 Å². The number of nitriles is 2. The zero-order valence-corrected chi connectivity index (χ0v) is 13.8. The maximum absolute atomic E-state index is 9.31. The van der Waals surface area contributed by atoms with Crippen LogP contribution in [0.25, 0.3) is 0 Å². The summed E-state index contributed by atoms with van der Waals surface area (Å²) < 4.78 is 10.8. The van der Waals surface area contributed by atoms with E-state index >= 15 is 0 Å². The van der Waals surface area contributed by atoms with Gasteiger partial charge in [-0.25, -0.2) is 0 Å². The summed E-state index contributed by atoms with van der Waals surface area (Å²) in [5.41, 5.74) is 1.14. The average molecular weight is 313 g/mol. The van der Waals surface area contributed by atoms with Crippen LogP contribution in [0.15, 0.2) is 18.2 Å². The molecule has 0 N–H and O–H groups in total. The van der Waals surface area contributed by atoms with E-state index < -0.39 is 0 Å². The van der Waals surface area contributed by atoms with E-state index in [-0.39, 0.29) is 12.0 Å². The van der Waals surface area contributed by atoms with Gasteiger partial charge in [0.15, 0.2) is 0 Å². The van der Waals surface area contributed by atoms with Crippen molar-refractivity contribution in [3.63, 3.8) is 0 Å². The number of nitrogens with zero attached hydrogens (tertiary/aromatic N) is 3. The van der Waals surface area contributed by atoms with Gasteiger partial charge in [0.25, 0.3) is 0 Å². The molecule has 0 aliphatic carbocycles. The predicted molar refractivity (Wildman–Crippen MR) is 87.0 cm³/mol. The SMILES string of the molecule is COc1ccc([C@@H]2CCCN2C[C@@H](C#N)CCC#N)c(OC)c1. The lowest BCUT2D eigenvalue weighted by molar-refractivity contribution is 0.226. The van der Waals surface area contributed by atoms with Gasteiger partial charge in [-0.05, 0) is 31.9 Å². The molecule has 0 aromatic heterocycles. The third kappa shape index (κ3) is 4.15. The molecule has 2 atom stereocenters. The first-order valence-electron chi connectivity index (χ1n) is 7.96. The molecule has 0 amide bonds. The van der Waals surface area contributed by atoms with E-state index in [1.807, 2.05) is 12.1 Å². The van der Waals surface area contributed by atoms with Gasteiger partial charge in [0.05, 0.1) is 32.3 Å². The first-order chi connectivity index (χ1) is 11.2. The van der Waals surface area contributed by atoms with Crippen molar-refractivity contribution >= 4 is 0 Å². The van der Waals surface area contributed by atoms with Crippen LogP contribution in [-0.4, -0.2) is 32.2 Å². The first-order valence-corrected chi connectivity index (χ1v) is 7.96. The van der Waals surface area contributed by atoms with E-state index in [2.05, 4.69) is 23.1 Å². The van der Waals surface area contributed by atoms with Crippen molar-refractivity contribution in [2.45, 2.75) is 31.7 Å². The number of hydrogen-bond acceptors (Lipinski definition) is 5. The molecule has 0 bridgehead atoms. The minimum absolute atomic E-state index is 0.0977. The summed E-state index contributed by atoms with van der Waals surface area (Å²) in [5, 5.41) is 18.0. The largest absolute Gasteiger partial charge is 0.497 e. The number of methoxy groups -OCH3 is 2. The third-order valence-corrected chi connectivity index (χ3v) is 4.41. The van der Waals surface area contributed by atoms with E-state index in [1.54, 1.807) is 14.2 Å². The molecule has 5 nitrogen and oxygen atoms in total. The Morgan fingerprint density at radius 2 is 2.13 bits per heavy atom. The van der Waals surface area contributed by atoms with Gasteiger partial charge < -0.3 is 9.47 Å². The molecule has 1 aromatic carbocycles.